The lowest BCUT2D eigenvalue weighted by atomic mass is 9.97. The minimum absolute atomic E-state index is 0.295. The van der Waals surface area contributed by atoms with Crippen molar-refractivity contribution in [3.05, 3.63) is 28.8 Å². The summed E-state index contributed by atoms with van der Waals surface area (Å²) in [5.74, 6) is 0.902. The van der Waals surface area contributed by atoms with Gasteiger partial charge in [-0.25, -0.2) is 0 Å². The van der Waals surface area contributed by atoms with Crippen molar-refractivity contribution in [1.82, 2.24) is 0 Å². The summed E-state index contributed by atoms with van der Waals surface area (Å²) < 4.78 is 0. The molecule has 17 heavy (non-hydrogen) atoms. The smallest absolute Gasteiger partial charge is 0.137 e. The first-order valence-corrected chi connectivity index (χ1v) is 6.58. The molecule has 0 unspecified atom stereocenters. The van der Waals surface area contributed by atoms with E-state index in [0.29, 0.717) is 35.3 Å². The van der Waals surface area contributed by atoms with Crippen LogP contribution in [-0.4, -0.2) is 5.78 Å². The Morgan fingerprint density at radius 3 is 2.71 bits per heavy atom. The lowest BCUT2D eigenvalue weighted by Crippen LogP contribution is -2.08. The molecule has 0 radical (unpaired) electrons. The molecule has 0 atom stereocenters. The molecule has 1 fully saturated rings. The van der Waals surface area contributed by atoms with Crippen LogP contribution in [0, 0.1) is 5.92 Å². The van der Waals surface area contributed by atoms with Gasteiger partial charge in [-0.05, 0) is 23.6 Å². The second-order valence-corrected chi connectivity index (χ2v) is 5.33. The maximum absolute atomic E-state index is 11.9. The maximum Gasteiger partial charge on any atom is 0.137 e. The minimum atomic E-state index is 0.295. The molecule has 92 valence electrons. The summed E-state index contributed by atoms with van der Waals surface area (Å²) in [4.78, 5) is 11.9. The Balaban J connectivity index is 1.93. The first-order chi connectivity index (χ1) is 8.15. The molecule has 1 aromatic carbocycles. The number of nitrogens with two attached hydrogens (primary N) is 1. The zero-order chi connectivity index (χ0) is 12.3. The Labute approximate surface area is 107 Å². The van der Waals surface area contributed by atoms with Crippen LogP contribution in [0.5, 0.6) is 0 Å². The molecule has 1 saturated carbocycles. The summed E-state index contributed by atoms with van der Waals surface area (Å²) in [6.07, 6.45) is 6.12. The molecule has 1 aliphatic carbocycles. The van der Waals surface area contributed by atoms with Crippen LogP contribution >= 0.6 is 11.6 Å². The van der Waals surface area contributed by atoms with Crippen molar-refractivity contribution in [2.75, 3.05) is 5.73 Å². The van der Waals surface area contributed by atoms with Crippen molar-refractivity contribution in [2.24, 2.45) is 5.92 Å². The average molecular weight is 252 g/mol. The van der Waals surface area contributed by atoms with Crippen molar-refractivity contribution in [2.45, 2.75) is 38.5 Å². The fourth-order valence-electron chi connectivity index (χ4n) is 2.53. The van der Waals surface area contributed by atoms with Gasteiger partial charge >= 0.3 is 0 Å². The Morgan fingerprint density at radius 2 is 2.06 bits per heavy atom. The number of carbonyl (C=O) groups is 1. The van der Waals surface area contributed by atoms with Crippen LogP contribution in [0.2, 0.25) is 5.02 Å². The number of ketones is 1. The van der Waals surface area contributed by atoms with Gasteiger partial charge < -0.3 is 5.73 Å². The molecule has 1 aromatic rings. The van der Waals surface area contributed by atoms with Crippen molar-refractivity contribution < 1.29 is 4.79 Å². The summed E-state index contributed by atoms with van der Waals surface area (Å²) in [5, 5.41) is 0.602. The lowest BCUT2D eigenvalue weighted by molar-refractivity contribution is -0.119. The Kier molecular flexibility index (Phi) is 4.06. The van der Waals surface area contributed by atoms with Crippen molar-refractivity contribution in [1.29, 1.82) is 0 Å². The number of halogens is 1. The van der Waals surface area contributed by atoms with E-state index in [4.69, 9.17) is 17.3 Å². The highest BCUT2D eigenvalue weighted by atomic mass is 35.5. The zero-order valence-electron chi connectivity index (χ0n) is 9.92. The van der Waals surface area contributed by atoms with E-state index in [1.54, 1.807) is 12.1 Å². The fraction of sp³-hybridized carbons (Fsp3) is 0.500. The van der Waals surface area contributed by atoms with Gasteiger partial charge in [-0.3, -0.25) is 4.79 Å². The number of hydrogen-bond donors (Lipinski definition) is 1. The third kappa shape index (κ3) is 3.47. The first-order valence-electron chi connectivity index (χ1n) is 6.21. The highest BCUT2D eigenvalue weighted by molar-refractivity contribution is 6.31. The summed E-state index contributed by atoms with van der Waals surface area (Å²) in [7, 11) is 0. The van der Waals surface area contributed by atoms with Gasteiger partial charge in [0.15, 0.2) is 0 Å². The van der Waals surface area contributed by atoms with Crippen LogP contribution in [0.25, 0.3) is 0 Å². The van der Waals surface area contributed by atoms with E-state index in [2.05, 4.69) is 0 Å². The second-order valence-electron chi connectivity index (χ2n) is 4.92. The number of rotatable bonds is 4. The fourth-order valence-corrected chi connectivity index (χ4v) is 2.78. The van der Waals surface area contributed by atoms with Crippen molar-refractivity contribution >= 4 is 23.1 Å². The Morgan fingerprint density at radius 1 is 1.35 bits per heavy atom. The van der Waals surface area contributed by atoms with Gasteiger partial charge in [0.25, 0.3) is 0 Å². The SMILES string of the molecule is Nc1ccc(CC(=O)CC2CCCC2)c(Cl)c1. The van der Waals surface area contributed by atoms with E-state index in [0.717, 1.165) is 5.56 Å². The molecule has 2 rings (SSSR count). The van der Waals surface area contributed by atoms with Crippen molar-refractivity contribution in [3.8, 4) is 0 Å². The van der Waals surface area contributed by atoms with Gasteiger partial charge in [-0.2, -0.15) is 0 Å². The summed E-state index contributed by atoms with van der Waals surface area (Å²) in [6.45, 7) is 0. The number of Topliss-reactive ketones (excluding diaryl/α,β-unsaturated/α-hetero) is 1. The normalized spacial score (nSPS) is 16.3. The highest BCUT2D eigenvalue weighted by Crippen LogP contribution is 2.28. The maximum atomic E-state index is 11.9. The molecule has 1 aliphatic rings. The largest absolute Gasteiger partial charge is 0.399 e. The number of benzene rings is 1. The molecule has 0 spiro atoms. The molecule has 0 saturated heterocycles. The van der Waals surface area contributed by atoms with Gasteiger partial charge in [0.2, 0.25) is 0 Å². The molecule has 0 heterocycles. The van der Waals surface area contributed by atoms with Crippen LogP contribution in [0.3, 0.4) is 0 Å². The van der Waals surface area contributed by atoms with Crippen LogP contribution < -0.4 is 5.73 Å². The third-order valence-corrected chi connectivity index (χ3v) is 3.81. The van der Waals surface area contributed by atoms with E-state index in [1.165, 1.54) is 25.7 Å². The summed E-state index contributed by atoms with van der Waals surface area (Å²) in [6, 6.07) is 5.36. The Hall–Kier alpha value is -1.02. The average Bonchev–Trinajstić information content (AvgIpc) is 2.75. The van der Waals surface area contributed by atoms with E-state index in [1.807, 2.05) is 6.07 Å². The van der Waals surface area contributed by atoms with E-state index < -0.39 is 0 Å². The molecule has 0 bridgehead atoms. The molecule has 3 heteroatoms. The second kappa shape index (κ2) is 5.54. The standard InChI is InChI=1S/C14H18ClNO/c15-14-9-12(16)6-5-11(14)8-13(17)7-10-3-1-2-4-10/h5-6,9-10H,1-4,7-8,16H2. The van der Waals surface area contributed by atoms with Gasteiger partial charge in [0, 0.05) is 23.6 Å². The van der Waals surface area contributed by atoms with Gasteiger partial charge in [-0.1, -0.05) is 43.4 Å². The van der Waals surface area contributed by atoms with Crippen LogP contribution in [0.15, 0.2) is 18.2 Å². The van der Waals surface area contributed by atoms with E-state index >= 15 is 0 Å². The van der Waals surface area contributed by atoms with Gasteiger partial charge in [-0.15, -0.1) is 0 Å². The molecule has 0 aliphatic heterocycles. The zero-order valence-corrected chi connectivity index (χ0v) is 10.7. The van der Waals surface area contributed by atoms with Crippen LogP contribution in [0.4, 0.5) is 5.69 Å². The predicted octanol–water partition coefficient (Wildman–Crippen LogP) is 3.61. The highest BCUT2D eigenvalue weighted by Gasteiger charge is 2.18. The molecule has 0 aromatic heterocycles. The minimum Gasteiger partial charge on any atom is -0.399 e. The molecular weight excluding hydrogens is 234 g/mol. The van der Waals surface area contributed by atoms with Crippen LogP contribution in [-0.2, 0) is 11.2 Å². The number of anilines is 1. The summed E-state index contributed by atoms with van der Waals surface area (Å²) in [5.41, 5.74) is 7.15. The van der Waals surface area contributed by atoms with Crippen LogP contribution in [0.1, 0.15) is 37.7 Å². The van der Waals surface area contributed by atoms with E-state index in [9.17, 15) is 4.79 Å². The van der Waals surface area contributed by atoms with E-state index in [-0.39, 0.29) is 0 Å². The number of carbonyl (C=O) groups excluding carboxylic acids is 1. The van der Waals surface area contributed by atoms with Gasteiger partial charge in [0.1, 0.15) is 5.78 Å². The molecular formula is C14H18ClNO. The number of nitrogen functional groups attached to an aromatic ring is 1. The number of hydrogen-bond acceptors (Lipinski definition) is 2. The first kappa shape index (κ1) is 12.4. The summed E-state index contributed by atoms with van der Waals surface area (Å²) >= 11 is 6.06. The molecule has 2 N–H and O–H groups in total. The third-order valence-electron chi connectivity index (χ3n) is 3.46. The monoisotopic (exact) mass is 251 g/mol. The predicted molar refractivity (Wildman–Crippen MR) is 71.2 cm³/mol. The molecule has 2 nitrogen and oxygen atoms in total. The van der Waals surface area contributed by atoms with Crippen molar-refractivity contribution in [3.63, 3.8) is 0 Å². The van der Waals surface area contributed by atoms with Gasteiger partial charge in [0.05, 0.1) is 0 Å². The Bertz CT molecular complexity index is 411. The lowest BCUT2D eigenvalue weighted by Gasteiger charge is -2.08. The molecule has 0 amide bonds. The quantitative estimate of drug-likeness (QED) is 0.831. The topological polar surface area (TPSA) is 43.1 Å².